The fraction of sp³-hybridized carbons (Fsp3) is 0.650. The number of methoxy groups -OCH3 is 1. The molecule has 0 spiro atoms. The zero-order valence-electron chi connectivity index (χ0n) is 16.2. The van der Waals surface area contributed by atoms with Crippen molar-refractivity contribution in [2.45, 2.75) is 37.0 Å². The quantitative estimate of drug-likeness (QED) is 0.590. The molecule has 2 N–H and O–H groups in total. The van der Waals surface area contributed by atoms with Crippen molar-refractivity contribution < 1.29 is 4.74 Å². The van der Waals surface area contributed by atoms with E-state index in [1.165, 1.54) is 31.4 Å². The van der Waals surface area contributed by atoms with Gasteiger partial charge in [0.2, 0.25) is 0 Å². The molecule has 2 fully saturated rings. The van der Waals surface area contributed by atoms with Gasteiger partial charge in [-0.3, -0.25) is 4.99 Å². The number of rotatable bonds is 6. The summed E-state index contributed by atoms with van der Waals surface area (Å²) >= 11 is 1.99. The van der Waals surface area contributed by atoms with E-state index in [0.717, 1.165) is 36.6 Å². The Labute approximate surface area is 162 Å². The molecule has 1 aliphatic heterocycles. The summed E-state index contributed by atoms with van der Waals surface area (Å²) in [6.07, 6.45) is 7.21. The maximum atomic E-state index is 5.51. The molecule has 0 radical (unpaired) electrons. The SMILES string of the molecule is CN=C(NCC1CCN(c2ccccc2OC)C1)NC1CCC(SC)C1. The first-order valence-corrected chi connectivity index (χ1v) is 10.9. The Morgan fingerprint density at radius 2 is 2.15 bits per heavy atom. The Morgan fingerprint density at radius 1 is 1.31 bits per heavy atom. The fourth-order valence-corrected chi connectivity index (χ4v) is 4.82. The third-order valence-corrected chi connectivity index (χ3v) is 6.65. The van der Waals surface area contributed by atoms with Gasteiger partial charge in [0.15, 0.2) is 5.96 Å². The van der Waals surface area contributed by atoms with Crippen molar-refractivity contribution in [3.05, 3.63) is 24.3 Å². The molecule has 5 nitrogen and oxygen atoms in total. The van der Waals surface area contributed by atoms with E-state index in [0.29, 0.717) is 12.0 Å². The number of nitrogens with zero attached hydrogens (tertiary/aromatic N) is 2. The smallest absolute Gasteiger partial charge is 0.191 e. The second kappa shape index (κ2) is 9.40. The zero-order chi connectivity index (χ0) is 18.4. The van der Waals surface area contributed by atoms with Crippen LogP contribution in [0.15, 0.2) is 29.3 Å². The number of aliphatic imine (C=N–C) groups is 1. The maximum absolute atomic E-state index is 5.51. The second-order valence-corrected chi connectivity index (χ2v) is 8.38. The summed E-state index contributed by atoms with van der Waals surface area (Å²) < 4.78 is 5.51. The maximum Gasteiger partial charge on any atom is 0.191 e. The molecule has 144 valence electrons. The summed E-state index contributed by atoms with van der Waals surface area (Å²) in [5, 5.41) is 7.95. The minimum Gasteiger partial charge on any atom is -0.495 e. The number of guanidine groups is 1. The minimum atomic E-state index is 0.562. The van der Waals surface area contributed by atoms with Crippen LogP contribution in [0.3, 0.4) is 0 Å². The third-order valence-electron chi connectivity index (χ3n) is 5.55. The van der Waals surface area contributed by atoms with Gasteiger partial charge in [0, 0.05) is 38.0 Å². The van der Waals surface area contributed by atoms with E-state index in [-0.39, 0.29) is 0 Å². The summed E-state index contributed by atoms with van der Waals surface area (Å²) in [6.45, 7) is 3.10. The van der Waals surface area contributed by atoms with E-state index in [2.05, 4.69) is 38.9 Å². The van der Waals surface area contributed by atoms with Crippen LogP contribution in [-0.2, 0) is 0 Å². The number of thioether (sulfide) groups is 1. The average molecular weight is 377 g/mol. The molecule has 3 atom stereocenters. The van der Waals surface area contributed by atoms with Gasteiger partial charge in [0.05, 0.1) is 12.8 Å². The molecule has 1 aliphatic carbocycles. The monoisotopic (exact) mass is 376 g/mol. The molecule has 0 aromatic heterocycles. The van der Waals surface area contributed by atoms with Crippen LogP contribution in [-0.4, -0.2) is 57.3 Å². The van der Waals surface area contributed by atoms with Crippen molar-refractivity contribution in [3.8, 4) is 5.75 Å². The van der Waals surface area contributed by atoms with Crippen LogP contribution >= 0.6 is 11.8 Å². The van der Waals surface area contributed by atoms with E-state index >= 15 is 0 Å². The minimum absolute atomic E-state index is 0.562. The predicted octanol–water partition coefficient (Wildman–Crippen LogP) is 2.97. The molecule has 1 saturated heterocycles. The Morgan fingerprint density at radius 3 is 2.88 bits per heavy atom. The number of ether oxygens (including phenoxy) is 1. The fourth-order valence-electron chi connectivity index (χ4n) is 4.02. The Kier molecular flexibility index (Phi) is 6.94. The van der Waals surface area contributed by atoms with Gasteiger partial charge >= 0.3 is 0 Å². The predicted molar refractivity (Wildman–Crippen MR) is 113 cm³/mol. The van der Waals surface area contributed by atoms with Crippen LogP contribution < -0.4 is 20.3 Å². The zero-order valence-corrected chi connectivity index (χ0v) is 17.0. The van der Waals surface area contributed by atoms with Crippen molar-refractivity contribution >= 4 is 23.4 Å². The number of para-hydroxylation sites is 2. The van der Waals surface area contributed by atoms with Gasteiger partial charge in [-0.2, -0.15) is 11.8 Å². The molecule has 6 heteroatoms. The Hall–Kier alpha value is -1.56. The van der Waals surface area contributed by atoms with Crippen molar-refractivity contribution in [1.82, 2.24) is 10.6 Å². The molecule has 2 aliphatic rings. The Balaban J connectivity index is 1.46. The lowest BCUT2D eigenvalue weighted by molar-refractivity contribution is 0.414. The van der Waals surface area contributed by atoms with Crippen LogP contribution in [0.5, 0.6) is 5.75 Å². The molecule has 0 amide bonds. The van der Waals surface area contributed by atoms with Gasteiger partial charge < -0.3 is 20.3 Å². The highest BCUT2D eigenvalue weighted by atomic mass is 32.2. The number of hydrogen-bond acceptors (Lipinski definition) is 4. The summed E-state index contributed by atoms with van der Waals surface area (Å²) in [6, 6.07) is 8.86. The first-order chi connectivity index (χ1) is 12.7. The first-order valence-electron chi connectivity index (χ1n) is 9.61. The van der Waals surface area contributed by atoms with Crippen molar-refractivity contribution in [2.24, 2.45) is 10.9 Å². The van der Waals surface area contributed by atoms with Crippen molar-refractivity contribution in [3.63, 3.8) is 0 Å². The molecule has 1 aromatic carbocycles. The van der Waals surface area contributed by atoms with Gasteiger partial charge in [-0.15, -0.1) is 0 Å². The van der Waals surface area contributed by atoms with Gasteiger partial charge in [0.25, 0.3) is 0 Å². The lowest BCUT2D eigenvalue weighted by Crippen LogP contribution is -2.44. The largest absolute Gasteiger partial charge is 0.495 e. The topological polar surface area (TPSA) is 48.9 Å². The highest BCUT2D eigenvalue weighted by molar-refractivity contribution is 7.99. The lowest BCUT2D eigenvalue weighted by atomic mass is 10.1. The van der Waals surface area contributed by atoms with E-state index in [1.807, 2.05) is 30.9 Å². The van der Waals surface area contributed by atoms with Crippen LogP contribution in [0.2, 0.25) is 0 Å². The highest BCUT2D eigenvalue weighted by Gasteiger charge is 2.26. The summed E-state index contributed by atoms with van der Waals surface area (Å²) in [5.74, 6) is 2.54. The van der Waals surface area contributed by atoms with Crippen molar-refractivity contribution in [1.29, 1.82) is 0 Å². The van der Waals surface area contributed by atoms with Crippen LogP contribution in [0.1, 0.15) is 25.7 Å². The molecule has 1 saturated carbocycles. The summed E-state index contributed by atoms with van der Waals surface area (Å²) in [4.78, 5) is 6.85. The number of anilines is 1. The third kappa shape index (κ3) is 4.78. The van der Waals surface area contributed by atoms with Crippen LogP contribution in [0, 0.1) is 5.92 Å². The summed E-state index contributed by atoms with van der Waals surface area (Å²) in [7, 11) is 3.61. The standard InChI is InChI=1S/C20H32N4OS/c1-21-20(23-16-8-9-17(12-16)26-3)22-13-15-10-11-24(14-15)18-6-4-5-7-19(18)25-2/h4-7,15-17H,8-14H2,1-3H3,(H2,21,22,23). The van der Waals surface area contributed by atoms with Crippen molar-refractivity contribution in [2.75, 3.05) is 44.9 Å². The number of benzene rings is 1. The van der Waals surface area contributed by atoms with E-state index in [4.69, 9.17) is 4.74 Å². The molecule has 0 bridgehead atoms. The summed E-state index contributed by atoms with van der Waals surface area (Å²) in [5.41, 5.74) is 1.20. The number of hydrogen-bond donors (Lipinski definition) is 2. The first kappa shape index (κ1) is 19.2. The Bertz CT molecular complexity index is 609. The molecular weight excluding hydrogens is 344 g/mol. The van der Waals surface area contributed by atoms with Crippen LogP contribution in [0.4, 0.5) is 5.69 Å². The van der Waals surface area contributed by atoms with E-state index in [1.54, 1.807) is 7.11 Å². The van der Waals surface area contributed by atoms with E-state index in [9.17, 15) is 0 Å². The van der Waals surface area contributed by atoms with Gasteiger partial charge in [-0.1, -0.05) is 12.1 Å². The molecule has 3 rings (SSSR count). The van der Waals surface area contributed by atoms with E-state index < -0.39 is 0 Å². The molecule has 1 aromatic rings. The average Bonchev–Trinajstić information content (AvgIpc) is 3.34. The van der Waals surface area contributed by atoms with Gasteiger partial charge in [-0.05, 0) is 50.0 Å². The molecule has 3 unspecified atom stereocenters. The molecule has 26 heavy (non-hydrogen) atoms. The van der Waals surface area contributed by atoms with Gasteiger partial charge in [0.1, 0.15) is 5.75 Å². The molecule has 1 heterocycles. The number of nitrogens with one attached hydrogen (secondary N) is 2. The normalized spacial score (nSPS) is 26.2. The van der Waals surface area contributed by atoms with Crippen LogP contribution in [0.25, 0.3) is 0 Å². The van der Waals surface area contributed by atoms with Gasteiger partial charge in [-0.25, -0.2) is 0 Å². The lowest BCUT2D eigenvalue weighted by Gasteiger charge is -2.22. The molecular formula is C20H32N4OS. The highest BCUT2D eigenvalue weighted by Crippen LogP contribution is 2.32. The second-order valence-electron chi connectivity index (χ2n) is 7.24.